The minimum atomic E-state index is -0.552. The maximum atomic E-state index is 11.9. The van der Waals surface area contributed by atoms with Gasteiger partial charge < -0.3 is 4.42 Å². The van der Waals surface area contributed by atoms with Crippen LogP contribution in [-0.2, 0) is 0 Å². The van der Waals surface area contributed by atoms with Gasteiger partial charge in [-0.2, -0.15) is 5.26 Å². The summed E-state index contributed by atoms with van der Waals surface area (Å²) in [5.41, 5.74) is -0.133. The topological polar surface area (TPSA) is 97.1 Å². The Morgan fingerprint density at radius 1 is 1.47 bits per heavy atom. The van der Waals surface area contributed by atoms with Crippen molar-refractivity contribution in [2.75, 3.05) is 0 Å². The first kappa shape index (κ1) is 12.7. The van der Waals surface area contributed by atoms with Crippen LogP contribution in [0.2, 0.25) is 0 Å². The van der Waals surface area contributed by atoms with E-state index in [4.69, 9.17) is 9.68 Å². The number of furan rings is 1. The van der Waals surface area contributed by atoms with E-state index in [0.717, 1.165) is 11.3 Å². The Bertz CT molecular complexity index is 692. The third kappa shape index (κ3) is 2.75. The van der Waals surface area contributed by atoms with Gasteiger partial charge in [-0.3, -0.25) is 14.9 Å². The van der Waals surface area contributed by atoms with Crippen LogP contribution in [0.4, 0.5) is 5.00 Å². The van der Waals surface area contributed by atoms with E-state index < -0.39 is 10.7 Å². The zero-order chi connectivity index (χ0) is 13.8. The molecule has 0 aliphatic heterocycles. The molecule has 2 aromatic rings. The van der Waals surface area contributed by atoms with E-state index in [2.05, 4.69) is 0 Å². The number of nitriles is 1. The second-order valence-electron chi connectivity index (χ2n) is 3.41. The predicted molar refractivity (Wildman–Crippen MR) is 67.6 cm³/mol. The predicted octanol–water partition coefficient (Wildman–Crippen LogP) is 3.04. The molecule has 0 saturated heterocycles. The van der Waals surface area contributed by atoms with Crippen molar-refractivity contribution >= 4 is 28.2 Å². The molecule has 0 amide bonds. The van der Waals surface area contributed by atoms with E-state index in [1.807, 2.05) is 0 Å². The quantitative estimate of drug-likeness (QED) is 0.280. The summed E-state index contributed by atoms with van der Waals surface area (Å²) >= 11 is 0.890. The summed E-state index contributed by atoms with van der Waals surface area (Å²) in [7, 11) is 0. The number of ketones is 1. The van der Waals surface area contributed by atoms with Gasteiger partial charge in [0.05, 0.1) is 11.2 Å². The molecule has 0 spiro atoms. The lowest BCUT2D eigenvalue weighted by atomic mass is 10.1. The average molecular weight is 274 g/mol. The number of carbonyl (C=O) groups is 1. The first-order valence-electron chi connectivity index (χ1n) is 5.06. The molecular formula is C12H6N2O4S. The van der Waals surface area contributed by atoms with E-state index in [1.165, 1.54) is 36.6 Å². The first-order chi connectivity index (χ1) is 9.11. The highest BCUT2D eigenvalue weighted by molar-refractivity contribution is 7.16. The van der Waals surface area contributed by atoms with Crippen LogP contribution in [0.3, 0.4) is 0 Å². The summed E-state index contributed by atoms with van der Waals surface area (Å²) in [6.07, 6.45) is 2.64. The van der Waals surface area contributed by atoms with Crippen molar-refractivity contribution in [3.8, 4) is 6.07 Å². The molecule has 0 unspecified atom stereocenters. The second kappa shape index (κ2) is 5.29. The SMILES string of the molecule is N#C/C(=C\c1ccc([N+](=O)[O-])s1)C(=O)c1ccco1. The minimum absolute atomic E-state index is 0.0472. The van der Waals surface area contributed by atoms with Crippen LogP contribution in [0.1, 0.15) is 15.4 Å². The second-order valence-corrected chi connectivity index (χ2v) is 4.50. The molecule has 7 heteroatoms. The average Bonchev–Trinajstić information content (AvgIpc) is 3.06. The number of hydrogen-bond acceptors (Lipinski definition) is 6. The molecule has 0 fully saturated rings. The normalized spacial score (nSPS) is 11.0. The van der Waals surface area contributed by atoms with Crippen LogP contribution >= 0.6 is 11.3 Å². The van der Waals surface area contributed by atoms with Crippen molar-refractivity contribution in [1.82, 2.24) is 0 Å². The van der Waals surface area contributed by atoms with Gasteiger partial charge in [-0.15, -0.1) is 0 Å². The van der Waals surface area contributed by atoms with E-state index >= 15 is 0 Å². The molecular weight excluding hydrogens is 268 g/mol. The summed E-state index contributed by atoms with van der Waals surface area (Å²) < 4.78 is 4.91. The van der Waals surface area contributed by atoms with Crippen molar-refractivity contribution in [2.45, 2.75) is 0 Å². The molecule has 94 valence electrons. The molecule has 2 aromatic heterocycles. The zero-order valence-corrected chi connectivity index (χ0v) is 10.2. The highest BCUT2D eigenvalue weighted by atomic mass is 32.1. The maximum absolute atomic E-state index is 11.9. The molecule has 0 radical (unpaired) electrons. The number of nitrogens with zero attached hydrogens (tertiary/aromatic N) is 2. The van der Waals surface area contributed by atoms with Gasteiger partial charge in [-0.1, -0.05) is 11.3 Å². The van der Waals surface area contributed by atoms with Crippen LogP contribution in [0.15, 0.2) is 40.5 Å². The Hall–Kier alpha value is -2.72. The highest BCUT2D eigenvalue weighted by Crippen LogP contribution is 2.26. The number of allylic oxidation sites excluding steroid dienone is 1. The van der Waals surface area contributed by atoms with Crippen LogP contribution in [-0.4, -0.2) is 10.7 Å². The molecule has 0 aliphatic carbocycles. The van der Waals surface area contributed by atoms with E-state index in [0.29, 0.717) is 4.88 Å². The van der Waals surface area contributed by atoms with Crippen molar-refractivity contribution in [3.05, 3.63) is 56.9 Å². The van der Waals surface area contributed by atoms with Crippen molar-refractivity contribution in [1.29, 1.82) is 5.26 Å². The molecule has 0 N–H and O–H groups in total. The van der Waals surface area contributed by atoms with Crippen molar-refractivity contribution in [2.24, 2.45) is 0 Å². The first-order valence-corrected chi connectivity index (χ1v) is 5.87. The van der Waals surface area contributed by atoms with Gasteiger partial charge in [0, 0.05) is 10.9 Å². The lowest BCUT2D eigenvalue weighted by molar-refractivity contribution is -0.380. The Balaban J connectivity index is 2.31. The van der Waals surface area contributed by atoms with E-state index in [-0.39, 0.29) is 16.3 Å². The molecule has 2 heterocycles. The fraction of sp³-hybridized carbons (Fsp3) is 0. The third-order valence-electron chi connectivity index (χ3n) is 2.19. The van der Waals surface area contributed by atoms with Gasteiger partial charge in [0.15, 0.2) is 5.76 Å². The molecule has 0 saturated carbocycles. The summed E-state index contributed by atoms with van der Waals surface area (Å²) in [6.45, 7) is 0. The van der Waals surface area contributed by atoms with Crippen LogP contribution in [0.5, 0.6) is 0 Å². The molecule has 6 nitrogen and oxygen atoms in total. The minimum Gasteiger partial charge on any atom is -0.461 e. The lowest BCUT2D eigenvalue weighted by Crippen LogP contribution is -1.99. The van der Waals surface area contributed by atoms with E-state index in [1.54, 1.807) is 6.07 Å². The van der Waals surface area contributed by atoms with Crippen LogP contribution < -0.4 is 0 Å². The van der Waals surface area contributed by atoms with Gasteiger partial charge in [-0.05, 0) is 24.3 Å². The molecule has 0 atom stereocenters. The number of Topliss-reactive ketones (excluding diaryl/α,β-unsaturated/α-hetero) is 1. The monoisotopic (exact) mass is 274 g/mol. The summed E-state index contributed by atoms with van der Waals surface area (Å²) in [6, 6.07) is 7.56. The summed E-state index contributed by atoms with van der Waals surface area (Å²) in [4.78, 5) is 22.3. The molecule has 0 aromatic carbocycles. The van der Waals surface area contributed by atoms with E-state index in [9.17, 15) is 14.9 Å². The molecule has 19 heavy (non-hydrogen) atoms. The number of hydrogen-bond donors (Lipinski definition) is 0. The summed E-state index contributed by atoms with van der Waals surface area (Å²) in [5, 5.41) is 19.5. The standard InChI is InChI=1S/C12H6N2O4S/c13-7-8(12(15)10-2-1-5-18-10)6-9-3-4-11(19-9)14(16)17/h1-6H/b8-6+. The van der Waals surface area contributed by atoms with Gasteiger partial charge in [-0.25, -0.2) is 0 Å². The van der Waals surface area contributed by atoms with Gasteiger partial charge in [0.1, 0.15) is 11.6 Å². The molecule has 0 aliphatic rings. The number of nitro groups is 1. The fourth-order valence-electron chi connectivity index (χ4n) is 1.35. The molecule has 0 bridgehead atoms. The molecule has 2 rings (SSSR count). The smallest absolute Gasteiger partial charge is 0.324 e. The summed E-state index contributed by atoms with van der Waals surface area (Å²) in [5.74, 6) is -0.498. The number of carbonyl (C=O) groups excluding carboxylic acids is 1. The Morgan fingerprint density at radius 2 is 2.26 bits per heavy atom. The number of thiophene rings is 1. The Kier molecular flexibility index (Phi) is 3.54. The third-order valence-corrected chi connectivity index (χ3v) is 3.17. The highest BCUT2D eigenvalue weighted by Gasteiger charge is 2.16. The van der Waals surface area contributed by atoms with Crippen LogP contribution in [0, 0.1) is 21.4 Å². The maximum Gasteiger partial charge on any atom is 0.324 e. The van der Waals surface area contributed by atoms with Crippen molar-refractivity contribution < 1.29 is 14.1 Å². The largest absolute Gasteiger partial charge is 0.461 e. The Labute approximate surface area is 111 Å². The lowest BCUT2D eigenvalue weighted by Gasteiger charge is -1.93. The van der Waals surface area contributed by atoms with Gasteiger partial charge in [0.25, 0.3) is 0 Å². The van der Waals surface area contributed by atoms with Gasteiger partial charge in [0.2, 0.25) is 5.78 Å². The number of rotatable bonds is 4. The van der Waals surface area contributed by atoms with Gasteiger partial charge >= 0.3 is 5.00 Å². The van der Waals surface area contributed by atoms with Crippen molar-refractivity contribution in [3.63, 3.8) is 0 Å². The van der Waals surface area contributed by atoms with Crippen LogP contribution in [0.25, 0.3) is 6.08 Å². The fourth-order valence-corrected chi connectivity index (χ4v) is 2.11. The zero-order valence-electron chi connectivity index (χ0n) is 9.40. The Morgan fingerprint density at radius 3 is 2.79 bits per heavy atom.